The number of aryl methyl sites for hydroxylation is 1. The summed E-state index contributed by atoms with van der Waals surface area (Å²) >= 11 is 0. The smallest absolute Gasteiger partial charge is 0.231 e. The lowest BCUT2D eigenvalue weighted by atomic mass is 9.97. The van der Waals surface area contributed by atoms with E-state index in [1.807, 2.05) is 6.92 Å². The van der Waals surface area contributed by atoms with Crippen molar-refractivity contribution in [2.45, 2.75) is 32.6 Å². The van der Waals surface area contributed by atoms with Crippen LogP contribution in [-0.2, 0) is 16.6 Å². The molecule has 0 saturated carbocycles. The number of carbonyl (C=O) groups is 2. The highest BCUT2D eigenvalue weighted by atomic mass is 16.2. The van der Waals surface area contributed by atoms with Crippen LogP contribution in [0.2, 0.25) is 0 Å². The third-order valence-electron chi connectivity index (χ3n) is 3.56. The zero-order valence-corrected chi connectivity index (χ0v) is 12.0. The van der Waals surface area contributed by atoms with Gasteiger partial charge in [-0.25, -0.2) is 4.68 Å². The number of amides is 2. The highest BCUT2D eigenvalue weighted by Gasteiger charge is 2.28. The fourth-order valence-corrected chi connectivity index (χ4v) is 2.41. The topological polar surface area (TPSA) is 80.1 Å². The van der Waals surface area contributed by atoms with Gasteiger partial charge in [0.2, 0.25) is 17.8 Å². The van der Waals surface area contributed by atoms with Crippen LogP contribution in [0.25, 0.3) is 0 Å². The Morgan fingerprint density at radius 1 is 1.50 bits per heavy atom. The lowest BCUT2D eigenvalue weighted by Gasteiger charge is -2.32. The average molecular weight is 279 g/mol. The molecule has 1 aliphatic heterocycles. The fourth-order valence-electron chi connectivity index (χ4n) is 2.41. The van der Waals surface area contributed by atoms with Gasteiger partial charge in [0, 0.05) is 26.6 Å². The van der Waals surface area contributed by atoms with Gasteiger partial charge in [-0.15, -0.1) is 0 Å². The number of likely N-dealkylation sites (tertiary alicyclic amines) is 1. The molecule has 2 rings (SSSR count). The quantitative estimate of drug-likeness (QED) is 0.883. The fraction of sp³-hybridized carbons (Fsp3) is 0.692. The Morgan fingerprint density at radius 3 is 2.95 bits per heavy atom. The van der Waals surface area contributed by atoms with Crippen molar-refractivity contribution in [2.24, 2.45) is 13.0 Å². The van der Waals surface area contributed by atoms with Crippen LogP contribution in [0.3, 0.4) is 0 Å². The number of carbonyl (C=O) groups excluding carboxylic acids is 2. The molecule has 0 radical (unpaired) electrons. The predicted molar refractivity (Wildman–Crippen MR) is 73.8 cm³/mol. The van der Waals surface area contributed by atoms with Crippen molar-refractivity contribution < 1.29 is 9.59 Å². The van der Waals surface area contributed by atoms with E-state index in [0.717, 1.165) is 25.8 Å². The minimum atomic E-state index is -0.166. The summed E-state index contributed by atoms with van der Waals surface area (Å²) in [6, 6.07) is 0. The maximum atomic E-state index is 12.2. The lowest BCUT2D eigenvalue weighted by Crippen LogP contribution is -2.43. The van der Waals surface area contributed by atoms with Gasteiger partial charge in [0.25, 0.3) is 0 Å². The standard InChI is InChI=1S/C13H21N5O2/c1-3-5-11(19)18-7-4-6-10(8-18)12(20)16-13-14-9-15-17(13)2/h9-10H,3-8H2,1-2H3,(H,14,15,16,20)/t10-/m0/s1. The summed E-state index contributed by atoms with van der Waals surface area (Å²) in [6.07, 6.45) is 4.46. The van der Waals surface area contributed by atoms with Gasteiger partial charge in [-0.1, -0.05) is 6.92 Å². The van der Waals surface area contributed by atoms with E-state index in [-0.39, 0.29) is 17.7 Å². The Morgan fingerprint density at radius 2 is 2.30 bits per heavy atom. The van der Waals surface area contributed by atoms with Crippen LogP contribution < -0.4 is 5.32 Å². The Labute approximate surface area is 118 Å². The van der Waals surface area contributed by atoms with Gasteiger partial charge in [-0.2, -0.15) is 10.1 Å². The van der Waals surface area contributed by atoms with Crippen molar-refractivity contribution >= 4 is 17.8 Å². The largest absolute Gasteiger partial charge is 0.342 e. The van der Waals surface area contributed by atoms with Gasteiger partial charge in [-0.05, 0) is 19.3 Å². The Kier molecular flexibility index (Phi) is 4.70. The maximum absolute atomic E-state index is 12.2. The summed E-state index contributed by atoms with van der Waals surface area (Å²) in [5.74, 6) is 0.326. The monoisotopic (exact) mass is 279 g/mol. The highest BCUT2D eigenvalue weighted by molar-refractivity contribution is 5.91. The second-order valence-corrected chi connectivity index (χ2v) is 5.13. The summed E-state index contributed by atoms with van der Waals surface area (Å²) < 4.78 is 1.51. The SMILES string of the molecule is CCCC(=O)N1CCC[C@H](C(=O)Nc2ncnn2C)C1. The van der Waals surface area contributed by atoms with Crippen molar-refractivity contribution in [1.82, 2.24) is 19.7 Å². The number of aromatic nitrogens is 3. The normalized spacial score (nSPS) is 18.9. The Bertz CT molecular complexity index is 485. The lowest BCUT2D eigenvalue weighted by molar-refractivity contribution is -0.134. The zero-order valence-electron chi connectivity index (χ0n) is 12.0. The number of hydrogen-bond donors (Lipinski definition) is 1. The second-order valence-electron chi connectivity index (χ2n) is 5.13. The van der Waals surface area contributed by atoms with Crippen LogP contribution in [0.4, 0.5) is 5.95 Å². The zero-order chi connectivity index (χ0) is 14.5. The molecule has 0 unspecified atom stereocenters. The summed E-state index contributed by atoms with van der Waals surface area (Å²) in [6.45, 7) is 3.25. The molecule has 1 atom stereocenters. The number of anilines is 1. The van der Waals surface area contributed by atoms with Crippen LogP contribution in [0.5, 0.6) is 0 Å². The number of nitrogens with zero attached hydrogens (tertiary/aromatic N) is 4. The Hall–Kier alpha value is -1.92. The number of rotatable bonds is 4. The van der Waals surface area contributed by atoms with Crippen LogP contribution in [0.1, 0.15) is 32.6 Å². The van der Waals surface area contributed by atoms with Gasteiger partial charge < -0.3 is 4.90 Å². The van der Waals surface area contributed by atoms with Crippen LogP contribution in [0.15, 0.2) is 6.33 Å². The minimum absolute atomic E-state index is 0.0879. The van der Waals surface area contributed by atoms with Gasteiger partial charge in [0.05, 0.1) is 5.92 Å². The molecule has 1 fully saturated rings. The van der Waals surface area contributed by atoms with Crippen molar-refractivity contribution in [3.05, 3.63) is 6.33 Å². The molecule has 0 aromatic carbocycles. The molecular weight excluding hydrogens is 258 g/mol. The predicted octanol–water partition coefficient (Wildman–Crippen LogP) is 0.792. The summed E-state index contributed by atoms with van der Waals surface area (Å²) in [5, 5.41) is 6.67. The van der Waals surface area contributed by atoms with Gasteiger partial charge in [0.15, 0.2) is 0 Å². The van der Waals surface area contributed by atoms with E-state index in [1.54, 1.807) is 11.9 Å². The molecule has 7 nitrogen and oxygen atoms in total. The summed E-state index contributed by atoms with van der Waals surface area (Å²) in [5.41, 5.74) is 0. The van der Waals surface area contributed by atoms with E-state index in [1.165, 1.54) is 11.0 Å². The number of hydrogen-bond acceptors (Lipinski definition) is 4. The van der Waals surface area contributed by atoms with Crippen molar-refractivity contribution in [1.29, 1.82) is 0 Å². The van der Waals surface area contributed by atoms with Gasteiger partial charge >= 0.3 is 0 Å². The van der Waals surface area contributed by atoms with E-state index < -0.39 is 0 Å². The molecular formula is C13H21N5O2. The molecule has 20 heavy (non-hydrogen) atoms. The van der Waals surface area contributed by atoms with E-state index >= 15 is 0 Å². The molecule has 110 valence electrons. The molecule has 2 amide bonds. The summed E-state index contributed by atoms with van der Waals surface area (Å²) in [7, 11) is 1.72. The molecule has 1 aromatic heterocycles. The first-order chi connectivity index (χ1) is 9.61. The first-order valence-electron chi connectivity index (χ1n) is 7.04. The Balaban J connectivity index is 1.93. The van der Waals surface area contributed by atoms with E-state index in [9.17, 15) is 9.59 Å². The molecule has 1 aromatic rings. The maximum Gasteiger partial charge on any atom is 0.231 e. The molecule has 0 bridgehead atoms. The molecule has 1 aliphatic rings. The first kappa shape index (κ1) is 14.5. The first-order valence-corrected chi connectivity index (χ1v) is 7.04. The molecule has 0 spiro atoms. The van der Waals surface area contributed by atoms with Crippen molar-refractivity contribution in [3.8, 4) is 0 Å². The number of nitrogens with one attached hydrogen (secondary N) is 1. The van der Waals surface area contributed by atoms with E-state index in [0.29, 0.717) is 18.9 Å². The summed E-state index contributed by atoms with van der Waals surface area (Å²) in [4.78, 5) is 29.9. The van der Waals surface area contributed by atoms with Gasteiger partial charge in [0.1, 0.15) is 6.33 Å². The van der Waals surface area contributed by atoms with Crippen LogP contribution in [-0.4, -0.2) is 44.6 Å². The average Bonchev–Trinajstić information content (AvgIpc) is 2.85. The van der Waals surface area contributed by atoms with Crippen molar-refractivity contribution in [3.63, 3.8) is 0 Å². The second kappa shape index (κ2) is 6.49. The van der Waals surface area contributed by atoms with E-state index in [4.69, 9.17) is 0 Å². The van der Waals surface area contributed by atoms with Gasteiger partial charge in [-0.3, -0.25) is 14.9 Å². The van der Waals surface area contributed by atoms with E-state index in [2.05, 4.69) is 15.4 Å². The third-order valence-corrected chi connectivity index (χ3v) is 3.56. The molecule has 1 saturated heterocycles. The third kappa shape index (κ3) is 3.34. The highest BCUT2D eigenvalue weighted by Crippen LogP contribution is 2.19. The number of piperidine rings is 1. The molecule has 1 N–H and O–H groups in total. The molecule has 0 aliphatic carbocycles. The molecule has 7 heteroatoms. The van der Waals surface area contributed by atoms with Crippen LogP contribution >= 0.6 is 0 Å². The van der Waals surface area contributed by atoms with Crippen LogP contribution in [0, 0.1) is 5.92 Å². The van der Waals surface area contributed by atoms with Crippen molar-refractivity contribution in [2.75, 3.05) is 18.4 Å². The minimum Gasteiger partial charge on any atom is -0.342 e. The molecule has 2 heterocycles.